The van der Waals surface area contributed by atoms with Crippen molar-refractivity contribution in [1.29, 1.82) is 0 Å². The van der Waals surface area contributed by atoms with E-state index in [1.54, 1.807) is 6.92 Å². The Morgan fingerprint density at radius 3 is 2.90 bits per heavy atom. The molecule has 0 N–H and O–H groups in total. The number of aromatic nitrogens is 2. The fraction of sp³-hybridized carbons (Fsp3) is 0.583. The first-order valence-electron chi connectivity index (χ1n) is 6.23. The van der Waals surface area contributed by atoms with Crippen LogP contribution in [0.25, 0.3) is 0 Å². The van der Waals surface area contributed by atoms with E-state index < -0.39 is 0 Å². The Hall–Kier alpha value is -1.16. The number of ether oxygens (including phenoxy) is 3. The second-order valence-corrected chi connectivity index (χ2v) is 5.28. The molecule has 2 rings (SSSR count). The predicted octanol–water partition coefficient (Wildman–Crippen LogP) is 0.858. The van der Waals surface area contributed by atoms with Crippen molar-refractivity contribution < 1.29 is 19.0 Å². The lowest BCUT2D eigenvalue weighted by Crippen LogP contribution is -2.53. The molecule has 0 amide bonds. The molecule has 7 nitrogen and oxygen atoms in total. The molecule has 0 bridgehead atoms. The summed E-state index contributed by atoms with van der Waals surface area (Å²) in [6.07, 6.45) is 0.0260. The van der Waals surface area contributed by atoms with E-state index in [2.05, 4.69) is 32.6 Å². The first-order valence-corrected chi connectivity index (χ1v) is 7.31. The van der Waals surface area contributed by atoms with Crippen LogP contribution in [0.4, 0.5) is 5.82 Å². The maximum Gasteiger partial charge on any atom is 0.332 e. The van der Waals surface area contributed by atoms with Gasteiger partial charge in [-0.2, -0.15) is 9.97 Å². The Balaban J connectivity index is 1.81. The summed E-state index contributed by atoms with van der Waals surface area (Å²) in [5.41, 5.74) is 0. The molecule has 1 aromatic rings. The van der Waals surface area contributed by atoms with Gasteiger partial charge in [0.05, 0.1) is 19.8 Å². The number of carbonyl (C=O) groups excluding carboxylic acids is 1. The van der Waals surface area contributed by atoms with Crippen molar-refractivity contribution in [3.63, 3.8) is 0 Å². The number of methoxy groups -OCH3 is 1. The fourth-order valence-electron chi connectivity index (χ4n) is 1.76. The number of carbonyl (C=O) groups is 1. The number of hydrogen-bond acceptors (Lipinski definition) is 7. The largest absolute Gasteiger partial charge is 0.467 e. The lowest BCUT2D eigenvalue weighted by atomic mass is 10.1. The summed E-state index contributed by atoms with van der Waals surface area (Å²) in [7, 11) is 1.54. The minimum absolute atomic E-state index is 0.00300. The SMILES string of the molecule is CCOC(=O)COC1CN(c2cc(I)nc(OC)n2)C1. The van der Waals surface area contributed by atoms with E-state index in [-0.39, 0.29) is 18.7 Å². The summed E-state index contributed by atoms with van der Waals surface area (Å²) < 4.78 is 16.1. The first-order chi connectivity index (χ1) is 9.62. The molecule has 110 valence electrons. The van der Waals surface area contributed by atoms with Crippen molar-refractivity contribution in [2.75, 3.05) is 38.3 Å². The Morgan fingerprint density at radius 1 is 1.50 bits per heavy atom. The summed E-state index contributed by atoms with van der Waals surface area (Å²) in [4.78, 5) is 21.6. The van der Waals surface area contributed by atoms with Gasteiger partial charge in [-0.25, -0.2) is 4.79 Å². The van der Waals surface area contributed by atoms with Gasteiger partial charge in [-0.3, -0.25) is 0 Å². The lowest BCUT2D eigenvalue weighted by molar-refractivity contribution is -0.151. The quantitative estimate of drug-likeness (QED) is 0.403. The van der Waals surface area contributed by atoms with Gasteiger partial charge >= 0.3 is 12.0 Å². The monoisotopic (exact) mass is 393 g/mol. The third-order valence-corrected chi connectivity index (χ3v) is 3.31. The molecule has 8 heteroatoms. The van der Waals surface area contributed by atoms with Crippen LogP contribution in [-0.2, 0) is 14.3 Å². The highest BCUT2D eigenvalue weighted by Gasteiger charge is 2.29. The third kappa shape index (κ3) is 3.92. The molecule has 0 unspecified atom stereocenters. The molecule has 0 aliphatic carbocycles. The molecule has 0 radical (unpaired) electrons. The molecule has 1 fully saturated rings. The highest BCUT2D eigenvalue weighted by molar-refractivity contribution is 14.1. The van der Waals surface area contributed by atoms with Crippen LogP contribution in [0, 0.1) is 3.70 Å². The standard InChI is InChI=1S/C12H16IN3O4/c1-3-19-11(17)7-20-8-5-16(6-8)10-4-9(13)14-12(15-10)18-2/h4,8H,3,5-7H2,1-2H3. The average molecular weight is 393 g/mol. The van der Waals surface area contributed by atoms with Crippen molar-refractivity contribution in [1.82, 2.24) is 9.97 Å². The van der Waals surface area contributed by atoms with Crippen LogP contribution in [0.3, 0.4) is 0 Å². The Kier molecular flexibility index (Phi) is 5.35. The topological polar surface area (TPSA) is 73.8 Å². The van der Waals surface area contributed by atoms with Crippen molar-refractivity contribution >= 4 is 34.4 Å². The molecule has 1 aliphatic heterocycles. The summed E-state index contributed by atoms with van der Waals surface area (Å²) in [5.74, 6) is 0.474. The zero-order valence-corrected chi connectivity index (χ0v) is 13.5. The van der Waals surface area contributed by atoms with Crippen LogP contribution >= 0.6 is 22.6 Å². The van der Waals surface area contributed by atoms with Gasteiger partial charge in [0.25, 0.3) is 0 Å². The first kappa shape index (κ1) is 15.2. The number of anilines is 1. The normalized spacial score (nSPS) is 14.8. The third-order valence-electron chi connectivity index (χ3n) is 2.76. The predicted molar refractivity (Wildman–Crippen MR) is 79.9 cm³/mol. The average Bonchev–Trinajstić information content (AvgIpc) is 2.36. The van der Waals surface area contributed by atoms with Gasteiger partial charge in [0.15, 0.2) is 0 Å². The molecule has 0 aromatic carbocycles. The van der Waals surface area contributed by atoms with Crippen LogP contribution < -0.4 is 9.64 Å². The Labute approximate surface area is 130 Å². The van der Waals surface area contributed by atoms with E-state index in [1.807, 2.05) is 11.0 Å². The lowest BCUT2D eigenvalue weighted by Gasteiger charge is -2.39. The van der Waals surface area contributed by atoms with Crippen LogP contribution in [0.2, 0.25) is 0 Å². The molecule has 0 spiro atoms. The summed E-state index contributed by atoms with van der Waals surface area (Å²) in [5, 5.41) is 0. The van der Waals surface area contributed by atoms with Gasteiger partial charge in [-0.05, 0) is 29.5 Å². The molecule has 0 saturated carbocycles. The Bertz CT molecular complexity index is 480. The van der Waals surface area contributed by atoms with Gasteiger partial charge in [0, 0.05) is 19.2 Å². The number of hydrogen-bond donors (Lipinski definition) is 0. The van der Waals surface area contributed by atoms with Crippen LogP contribution in [0.5, 0.6) is 6.01 Å². The number of rotatable bonds is 6. The van der Waals surface area contributed by atoms with E-state index in [0.29, 0.717) is 25.7 Å². The van der Waals surface area contributed by atoms with Gasteiger partial charge in [-0.15, -0.1) is 0 Å². The highest BCUT2D eigenvalue weighted by atomic mass is 127. The minimum Gasteiger partial charge on any atom is -0.467 e. The molecular weight excluding hydrogens is 377 g/mol. The van der Waals surface area contributed by atoms with E-state index in [9.17, 15) is 4.79 Å². The molecule has 0 atom stereocenters. The zero-order chi connectivity index (χ0) is 14.5. The molecule has 1 aromatic heterocycles. The maximum atomic E-state index is 11.2. The molecule has 1 aliphatic rings. The summed E-state index contributed by atoms with van der Waals surface area (Å²) in [6.45, 7) is 3.52. The van der Waals surface area contributed by atoms with Crippen molar-refractivity contribution in [3.8, 4) is 6.01 Å². The number of nitrogens with zero attached hydrogens (tertiary/aromatic N) is 3. The second-order valence-electron chi connectivity index (χ2n) is 4.18. The van der Waals surface area contributed by atoms with Gasteiger partial charge in [0.1, 0.15) is 16.1 Å². The number of halogens is 1. The molecule has 1 saturated heterocycles. The Morgan fingerprint density at radius 2 is 2.25 bits per heavy atom. The maximum absolute atomic E-state index is 11.2. The summed E-state index contributed by atoms with van der Waals surface area (Å²) in [6, 6.07) is 2.23. The zero-order valence-electron chi connectivity index (χ0n) is 11.3. The molecule has 20 heavy (non-hydrogen) atoms. The van der Waals surface area contributed by atoms with Gasteiger partial charge in [-0.1, -0.05) is 0 Å². The van der Waals surface area contributed by atoms with Gasteiger partial charge in [0.2, 0.25) is 0 Å². The van der Waals surface area contributed by atoms with Crippen molar-refractivity contribution in [2.45, 2.75) is 13.0 Å². The van der Waals surface area contributed by atoms with Crippen molar-refractivity contribution in [2.24, 2.45) is 0 Å². The van der Waals surface area contributed by atoms with E-state index in [1.165, 1.54) is 7.11 Å². The van der Waals surface area contributed by atoms with Gasteiger partial charge < -0.3 is 19.1 Å². The highest BCUT2D eigenvalue weighted by Crippen LogP contribution is 2.23. The number of esters is 1. The molecular formula is C12H16IN3O4. The van der Waals surface area contributed by atoms with Crippen LogP contribution in [-0.4, -0.2) is 55.5 Å². The van der Waals surface area contributed by atoms with Crippen molar-refractivity contribution in [3.05, 3.63) is 9.77 Å². The summed E-state index contributed by atoms with van der Waals surface area (Å²) >= 11 is 2.12. The van der Waals surface area contributed by atoms with E-state index in [4.69, 9.17) is 14.2 Å². The fourth-order valence-corrected chi connectivity index (χ4v) is 2.24. The molecule has 2 heterocycles. The second kappa shape index (κ2) is 7.02. The minimum atomic E-state index is -0.329. The van der Waals surface area contributed by atoms with Crippen LogP contribution in [0.1, 0.15) is 6.92 Å². The van der Waals surface area contributed by atoms with E-state index >= 15 is 0 Å². The van der Waals surface area contributed by atoms with Crippen LogP contribution in [0.15, 0.2) is 6.07 Å². The van der Waals surface area contributed by atoms with E-state index in [0.717, 1.165) is 9.52 Å². The smallest absolute Gasteiger partial charge is 0.332 e.